The van der Waals surface area contributed by atoms with Crippen molar-refractivity contribution >= 4 is 11.9 Å². The number of benzene rings is 1. The number of hydrogen-bond acceptors (Lipinski definition) is 5. The van der Waals surface area contributed by atoms with Gasteiger partial charge in [0.2, 0.25) is 0 Å². The number of carbonyl (C=O) groups excluding carboxylic acids is 1. The first-order chi connectivity index (χ1) is 11.1. The molecular formula is C16H19NO6. The summed E-state index contributed by atoms with van der Waals surface area (Å²) in [4.78, 5) is 25.4. The largest absolute Gasteiger partial charge is 0.486 e. The van der Waals surface area contributed by atoms with Crippen molar-refractivity contribution in [1.82, 2.24) is 4.90 Å². The molecule has 0 aliphatic carbocycles. The molecule has 1 amide bonds. The van der Waals surface area contributed by atoms with Crippen LogP contribution in [0, 0.1) is 0 Å². The Hall–Kier alpha value is -2.28. The minimum atomic E-state index is -1.03. The summed E-state index contributed by atoms with van der Waals surface area (Å²) in [6.45, 7) is 1.67. The summed E-state index contributed by atoms with van der Waals surface area (Å²) in [7, 11) is 0. The minimum Gasteiger partial charge on any atom is -0.486 e. The van der Waals surface area contributed by atoms with Crippen LogP contribution < -0.4 is 9.47 Å². The Labute approximate surface area is 133 Å². The van der Waals surface area contributed by atoms with E-state index in [1.54, 1.807) is 18.2 Å². The molecule has 1 aromatic carbocycles. The van der Waals surface area contributed by atoms with Gasteiger partial charge in [0, 0.05) is 24.8 Å². The number of carboxylic acid groups (broad SMARTS) is 1. The molecule has 0 saturated carbocycles. The molecule has 2 aliphatic rings. The quantitative estimate of drug-likeness (QED) is 0.896. The maximum atomic E-state index is 12.8. The molecule has 0 bridgehead atoms. The van der Waals surface area contributed by atoms with Crippen LogP contribution in [0.15, 0.2) is 18.2 Å². The zero-order chi connectivity index (χ0) is 16.2. The summed E-state index contributed by atoms with van der Waals surface area (Å²) < 4.78 is 16.2. The lowest BCUT2D eigenvalue weighted by Gasteiger charge is -2.33. The van der Waals surface area contributed by atoms with Gasteiger partial charge in [-0.05, 0) is 31.0 Å². The van der Waals surface area contributed by atoms with Crippen LogP contribution in [-0.4, -0.2) is 60.9 Å². The predicted octanol–water partition coefficient (Wildman–Crippen LogP) is 1.16. The molecule has 3 rings (SSSR count). The highest BCUT2D eigenvalue weighted by Gasteiger charge is 2.29. The highest BCUT2D eigenvalue weighted by atomic mass is 16.6. The lowest BCUT2D eigenvalue weighted by Crippen LogP contribution is -2.46. The van der Waals surface area contributed by atoms with Crippen molar-refractivity contribution < 1.29 is 28.9 Å². The molecule has 1 saturated heterocycles. The first kappa shape index (κ1) is 15.6. The number of aliphatic carboxylic acids is 1. The molecule has 1 aromatic rings. The molecule has 7 nitrogen and oxygen atoms in total. The average Bonchev–Trinajstić information content (AvgIpc) is 2.59. The number of carbonyl (C=O) groups is 2. The third-order valence-electron chi connectivity index (χ3n) is 3.99. The molecule has 0 unspecified atom stereocenters. The number of ether oxygens (including phenoxy) is 3. The Morgan fingerprint density at radius 2 is 1.78 bits per heavy atom. The van der Waals surface area contributed by atoms with Crippen LogP contribution in [-0.2, 0) is 9.53 Å². The van der Waals surface area contributed by atoms with Crippen LogP contribution >= 0.6 is 0 Å². The topological polar surface area (TPSA) is 85.3 Å². The molecule has 0 aromatic heterocycles. The third kappa shape index (κ3) is 3.56. The van der Waals surface area contributed by atoms with Crippen molar-refractivity contribution in [2.75, 3.05) is 33.0 Å². The fraction of sp³-hybridized carbons (Fsp3) is 0.500. The Bertz CT molecular complexity index is 596. The van der Waals surface area contributed by atoms with E-state index in [0.29, 0.717) is 56.3 Å². The lowest BCUT2D eigenvalue weighted by molar-refractivity contribution is -0.138. The van der Waals surface area contributed by atoms with Gasteiger partial charge in [-0.25, -0.2) is 0 Å². The van der Waals surface area contributed by atoms with Crippen LogP contribution in [0.4, 0.5) is 0 Å². The van der Waals surface area contributed by atoms with Crippen molar-refractivity contribution in [3.05, 3.63) is 23.8 Å². The SMILES string of the molecule is O=C(O)CN(C(=O)c1ccc2c(c1)OCCO2)C1CCOCC1. The minimum absolute atomic E-state index is 0.124. The van der Waals surface area contributed by atoms with Gasteiger partial charge in [0.15, 0.2) is 11.5 Å². The third-order valence-corrected chi connectivity index (χ3v) is 3.99. The van der Waals surface area contributed by atoms with E-state index in [-0.39, 0.29) is 18.5 Å². The standard InChI is InChI=1S/C16H19NO6/c18-15(19)10-17(12-3-5-21-6-4-12)16(20)11-1-2-13-14(9-11)23-8-7-22-13/h1-2,9,12H,3-8,10H2,(H,18,19). The number of carboxylic acids is 1. The average molecular weight is 321 g/mol. The van der Waals surface area contributed by atoms with E-state index in [1.807, 2.05) is 0 Å². The maximum Gasteiger partial charge on any atom is 0.323 e. The molecule has 124 valence electrons. The van der Waals surface area contributed by atoms with Crippen molar-refractivity contribution in [3.8, 4) is 11.5 Å². The summed E-state index contributed by atoms with van der Waals surface area (Å²) in [6, 6.07) is 4.82. The molecular weight excluding hydrogens is 302 g/mol. The van der Waals surface area contributed by atoms with Crippen molar-refractivity contribution in [3.63, 3.8) is 0 Å². The van der Waals surface area contributed by atoms with E-state index in [1.165, 1.54) is 4.90 Å². The van der Waals surface area contributed by atoms with E-state index < -0.39 is 5.97 Å². The van der Waals surface area contributed by atoms with Gasteiger partial charge in [-0.1, -0.05) is 0 Å². The smallest absolute Gasteiger partial charge is 0.323 e. The van der Waals surface area contributed by atoms with Gasteiger partial charge in [-0.15, -0.1) is 0 Å². The normalized spacial score (nSPS) is 17.6. The van der Waals surface area contributed by atoms with Gasteiger partial charge >= 0.3 is 5.97 Å². The van der Waals surface area contributed by atoms with Gasteiger partial charge < -0.3 is 24.2 Å². The number of rotatable bonds is 4. The first-order valence-electron chi connectivity index (χ1n) is 7.65. The Morgan fingerprint density at radius 1 is 1.09 bits per heavy atom. The fourth-order valence-electron chi connectivity index (χ4n) is 2.85. The van der Waals surface area contributed by atoms with Crippen molar-refractivity contribution in [1.29, 1.82) is 0 Å². The van der Waals surface area contributed by atoms with Gasteiger partial charge in [-0.2, -0.15) is 0 Å². The van der Waals surface area contributed by atoms with Crippen molar-refractivity contribution in [2.45, 2.75) is 18.9 Å². The van der Waals surface area contributed by atoms with Crippen LogP contribution in [0.3, 0.4) is 0 Å². The summed E-state index contributed by atoms with van der Waals surface area (Å²) in [5, 5.41) is 9.13. The first-order valence-corrected chi connectivity index (χ1v) is 7.65. The zero-order valence-corrected chi connectivity index (χ0v) is 12.7. The lowest BCUT2D eigenvalue weighted by atomic mass is 10.0. The number of hydrogen-bond donors (Lipinski definition) is 1. The van der Waals surface area contributed by atoms with E-state index >= 15 is 0 Å². The highest BCUT2D eigenvalue weighted by Crippen LogP contribution is 2.31. The van der Waals surface area contributed by atoms with Gasteiger partial charge in [-0.3, -0.25) is 9.59 Å². The van der Waals surface area contributed by atoms with Gasteiger partial charge in [0.05, 0.1) is 0 Å². The maximum absolute atomic E-state index is 12.8. The second kappa shape index (κ2) is 6.87. The highest BCUT2D eigenvalue weighted by molar-refractivity contribution is 5.96. The van der Waals surface area contributed by atoms with E-state index in [4.69, 9.17) is 19.3 Å². The second-order valence-corrected chi connectivity index (χ2v) is 5.53. The molecule has 2 aliphatic heterocycles. The van der Waals surface area contributed by atoms with Crippen LogP contribution in [0.2, 0.25) is 0 Å². The summed E-state index contributed by atoms with van der Waals surface area (Å²) in [5.74, 6) is -0.216. The monoisotopic (exact) mass is 321 g/mol. The summed E-state index contributed by atoms with van der Waals surface area (Å²) in [6.07, 6.45) is 1.28. The predicted molar refractivity (Wildman–Crippen MR) is 79.9 cm³/mol. The van der Waals surface area contributed by atoms with Gasteiger partial charge in [0.1, 0.15) is 19.8 Å². The molecule has 7 heteroatoms. The zero-order valence-electron chi connectivity index (χ0n) is 12.7. The number of nitrogens with zero attached hydrogens (tertiary/aromatic N) is 1. The molecule has 2 heterocycles. The number of fused-ring (bicyclic) bond motifs is 1. The molecule has 1 N–H and O–H groups in total. The van der Waals surface area contributed by atoms with Crippen LogP contribution in [0.5, 0.6) is 11.5 Å². The molecule has 0 radical (unpaired) electrons. The Balaban J connectivity index is 1.83. The molecule has 23 heavy (non-hydrogen) atoms. The van der Waals surface area contributed by atoms with E-state index in [9.17, 15) is 9.59 Å². The van der Waals surface area contributed by atoms with E-state index in [2.05, 4.69) is 0 Å². The molecule has 0 atom stereocenters. The second-order valence-electron chi connectivity index (χ2n) is 5.53. The van der Waals surface area contributed by atoms with Crippen molar-refractivity contribution in [2.24, 2.45) is 0 Å². The Morgan fingerprint density at radius 3 is 2.48 bits per heavy atom. The Kier molecular flexibility index (Phi) is 4.66. The van der Waals surface area contributed by atoms with Gasteiger partial charge in [0.25, 0.3) is 5.91 Å². The van der Waals surface area contributed by atoms with E-state index in [0.717, 1.165) is 0 Å². The fourth-order valence-corrected chi connectivity index (χ4v) is 2.85. The molecule has 0 spiro atoms. The summed E-state index contributed by atoms with van der Waals surface area (Å²) >= 11 is 0. The van der Waals surface area contributed by atoms with Crippen LogP contribution in [0.25, 0.3) is 0 Å². The number of amides is 1. The molecule has 1 fully saturated rings. The summed E-state index contributed by atoms with van der Waals surface area (Å²) in [5.41, 5.74) is 0.405. The van der Waals surface area contributed by atoms with Crippen LogP contribution in [0.1, 0.15) is 23.2 Å².